The summed E-state index contributed by atoms with van der Waals surface area (Å²) < 4.78 is 31.1. The number of aromatic nitrogens is 2. The molecule has 0 saturated carbocycles. The molecule has 0 saturated heterocycles. The second-order valence-corrected chi connectivity index (χ2v) is 5.79. The highest BCUT2D eigenvalue weighted by Gasteiger charge is 2.23. The highest BCUT2D eigenvalue weighted by atomic mass is 79.9. The summed E-state index contributed by atoms with van der Waals surface area (Å²) in [5.74, 6) is 0.0555. The van der Waals surface area contributed by atoms with Gasteiger partial charge in [0.05, 0.1) is 0 Å². The van der Waals surface area contributed by atoms with Gasteiger partial charge in [0.15, 0.2) is 10.5 Å². The summed E-state index contributed by atoms with van der Waals surface area (Å²) in [6.45, 7) is -0.426. The molecule has 2 aromatic heterocycles. The van der Waals surface area contributed by atoms with Crippen molar-refractivity contribution in [3.8, 4) is 0 Å². The van der Waals surface area contributed by atoms with Crippen LogP contribution in [0.4, 0.5) is 5.82 Å². The van der Waals surface area contributed by atoms with Crippen LogP contribution in [0.3, 0.4) is 0 Å². The normalized spacial score (nSPS) is 11.5. The minimum Gasteiger partial charge on any atom is -0.450 e. The van der Waals surface area contributed by atoms with Gasteiger partial charge in [0, 0.05) is 12.1 Å². The van der Waals surface area contributed by atoms with Crippen molar-refractivity contribution >= 4 is 31.8 Å². The summed E-state index contributed by atoms with van der Waals surface area (Å²) in [5.41, 5.74) is -0.449. The zero-order valence-electron chi connectivity index (χ0n) is 9.25. The fraction of sp³-hybridized carbons (Fsp3) is 0.111. The standard InChI is InChI=1S/C9H8BrN3O5S/c10-9-6(3-5(4-14)18-9)19(16,17)13-7-1-2-8(15)12-11-7/h1-3,14H,4H2,(H,11,13)(H,12,15). The average Bonchev–Trinajstić information content (AvgIpc) is 2.74. The number of furan rings is 1. The van der Waals surface area contributed by atoms with Gasteiger partial charge in [-0.1, -0.05) is 0 Å². The van der Waals surface area contributed by atoms with Crippen molar-refractivity contribution in [3.63, 3.8) is 0 Å². The largest absolute Gasteiger partial charge is 0.450 e. The predicted molar refractivity (Wildman–Crippen MR) is 68.0 cm³/mol. The number of hydrogen-bond donors (Lipinski definition) is 3. The van der Waals surface area contributed by atoms with Crippen molar-refractivity contribution in [1.82, 2.24) is 10.2 Å². The van der Waals surface area contributed by atoms with Gasteiger partial charge in [-0.2, -0.15) is 5.10 Å². The van der Waals surface area contributed by atoms with Gasteiger partial charge < -0.3 is 9.52 Å². The van der Waals surface area contributed by atoms with E-state index < -0.39 is 22.2 Å². The molecule has 2 rings (SSSR count). The molecule has 0 aliphatic carbocycles. The van der Waals surface area contributed by atoms with Crippen molar-refractivity contribution in [1.29, 1.82) is 0 Å². The first-order valence-corrected chi connectivity index (χ1v) is 7.17. The smallest absolute Gasteiger partial charge is 0.267 e. The molecule has 3 N–H and O–H groups in total. The van der Waals surface area contributed by atoms with E-state index in [0.717, 1.165) is 6.07 Å². The fourth-order valence-corrected chi connectivity index (χ4v) is 3.25. The van der Waals surface area contributed by atoms with Crippen LogP contribution < -0.4 is 10.3 Å². The van der Waals surface area contributed by atoms with Gasteiger partial charge in [-0.15, -0.1) is 0 Å². The molecule has 0 aliphatic heterocycles. The SMILES string of the molecule is O=c1ccc(NS(=O)(=O)c2cc(CO)oc2Br)n[nH]1. The molecule has 0 amide bonds. The van der Waals surface area contributed by atoms with Crippen LogP contribution in [0.25, 0.3) is 0 Å². The first kappa shape index (κ1) is 13.8. The maximum absolute atomic E-state index is 12.0. The van der Waals surface area contributed by atoms with Crippen LogP contribution in [0.15, 0.2) is 37.0 Å². The number of anilines is 1. The third kappa shape index (κ3) is 3.03. The quantitative estimate of drug-likeness (QED) is 0.734. The summed E-state index contributed by atoms with van der Waals surface area (Å²) in [6, 6.07) is 3.53. The van der Waals surface area contributed by atoms with Crippen LogP contribution in [0, 0.1) is 0 Å². The van der Waals surface area contributed by atoms with Gasteiger partial charge in [-0.05, 0) is 22.0 Å². The second kappa shape index (κ2) is 5.15. The Morgan fingerprint density at radius 2 is 2.21 bits per heavy atom. The molecule has 102 valence electrons. The number of halogens is 1. The molecular formula is C9H8BrN3O5S. The van der Waals surface area contributed by atoms with Crippen LogP contribution in [0.1, 0.15) is 5.76 Å². The van der Waals surface area contributed by atoms with Crippen LogP contribution >= 0.6 is 15.9 Å². The zero-order chi connectivity index (χ0) is 14.0. The van der Waals surface area contributed by atoms with E-state index in [2.05, 4.69) is 30.8 Å². The minimum absolute atomic E-state index is 0.0338. The lowest BCUT2D eigenvalue weighted by Gasteiger charge is -2.04. The minimum atomic E-state index is -3.93. The fourth-order valence-electron chi connectivity index (χ4n) is 1.25. The molecule has 8 nitrogen and oxygen atoms in total. The Balaban J connectivity index is 2.34. The predicted octanol–water partition coefficient (Wildman–Crippen LogP) is 0.419. The zero-order valence-corrected chi connectivity index (χ0v) is 11.7. The molecule has 19 heavy (non-hydrogen) atoms. The van der Waals surface area contributed by atoms with Gasteiger partial charge in [-0.3, -0.25) is 9.52 Å². The van der Waals surface area contributed by atoms with E-state index in [-0.39, 0.29) is 21.1 Å². The van der Waals surface area contributed by atoms with Gasteiger partial charge in [0.25, 0.3) is 15.6 Å². The van der Waals surface area contributed by atoms with Crippen LogP contribution in [0.5, 0.6) is 0 Å². The lowest BCUT2D eigenvalue weighted by atomic mass is 10.5. The van der Waals surface area contributed by atoms with Crippen molar-refractivity contribution in [2.75, 3.05) is 4.72 Å². The molecule has 0 radical (unpaired) electrons. The van der Waals surface area contributed by atoms with Crippen molar-refractivity contribution in [2.24, 2.45) is 0 Å². The van der Waals surface area contributed by atoms with Crippen molar-refractivity contribution in [2.45, 2.75) is 11.5 Å². The Bertz CT molecular complexity index is 731. The molecule has 0 aromatic carbocycles. The highest BCUT2D eigenvalue weighted by Crippen LogP contribution is 2.27. The van der Waals surface area contributed by atoms with Gasteiger partial charge in [-0.25, -0.2) is 13.5 Å². The van der Waals surface area contributed by atoms with Crippen molar-refractivity contribution in [3.05, 3.63) is 39.0 Å². The third-order valence-electron chi connectivity index (χ3n) is 2.07. The number of nitrogens with zero attached hydrogens (tertiary/aromatic N) is 1. The number of aliphatic hydroxyl groups excluding tert-OH is 1. The van der Waals surface area contributed by atoms with Crippen molar-refractivity contribution < 1.29 is 17.9 Å². The number of sulfonamides is 1. The lowest BCUT2D eigenvalue weighted by Crippen LogP contribution is -2.16. The summed E-state index contributed by atoms with van der Waals surface area (Å²) in [7, 11) is -3.93. The number of nitrogens with one attached hydrogen (secondary N) is 2. The number of H-pyrrole nitrogens is 1. The molecule has 0 fully saturated rings. The lowest BCUT2D eigenvalue weighted by molar-refractivity contribution is 0.245. The third-order valence-corrected chi connectivity index (χ3v) is 4.28. The van der Waals surface area contributed by atoms with E-state index in [0.29, 0.717) is 0 Å². The first-order chi connectivity index (χ1) is 8.92. The molecule has 0 bridgehead atoms. The highest BCUT2D eigenvalue weighted by molar-refractivity contribution is 9.10. The Labute approximate surface area is 115 Å². The topological polar surface area (TPSA) is 125 Å². The van der Waals surface area contributed by atoms with Crippen LogP contribution in [-0.4, -0.2) is 23.7 Å². The van der Waals surface area contributed by atoms with Crippen LogP contribution in [-0.2, 0) is 16.6 Å². The van der Waals surface area contributed by atoms with Gasteiger partial charge in [0.2, 0.25) is 0 Å². The number of rotatable bonds is 4. The Morgan fingerprint density at radius 1 is 1.47 bits per heavy atom. The molecule has 0 spiro atoms. The monoisotopic (exact) mass is 349 g/mol. The van der Waals surface area contributed by atoms with E-state index in [4.69, 9.17) is 9.52 Å². The molecular weight excluding hydrogens is 342 g/mol. The summed E-state index contributed by atoms with van der Waals surface area (Å²) >= 11 is 2.94. The van der Waals surface area contributed by atoms with E-state index in [1.54, 1.807) is 0 Å². The van der Waals surface area contributed by atoms with Crippen LogP contribution in [0.2, 0.25) is 0 Å². The first-order valence-electron chi connectivity index (χ1n) is 4.90. The van der Waals surface area contributed by atoms with Gasteiger partial charge >= 0.3 is 0 Å². The second-order valence-electron chi connectivity index (χ2n) is 3.42. The maximum atomic E-state index is 12.0. The van der Waals surface area contributed by atoms with Gasteiger partial charge in [0.1, 0.15) is 17.3 Å². The Morgan fingerprint density at radius 3 is 2.74 bits per heavy atom. The molecule has 10 heteroatoms. The summed E-state index contributed by atoms with van der Waals surface area (Å²) in [4.78, 5) is 10.6. The number of aromatic amines is 1. The Hall–Kier alpha value is -1.65. The molecule has 2 heterocycles. The number of hydrogen-bond acceptors (Lipinski definition) is 6. The van der Waals surface area contributed by atoms with E-state index >= 15 is 0 Å². The molecule has 0 unspecified atom stereocenters. The summed E-state index contributed by atoms with van der Waals surface area (Å²) in [6.07, 6.45) is 0. The Kier molecular flexibility index (Phi) is 3.73. The molecule has 2 aromatic rings. The summed E-state index contributed by atoms with van der Waals surface area (Å²) in [5, 5.41) is 14.5. The maximum Gasteiger partial charge on any atom is 0.267 e. The van der Waals surface area contributed by atoms with E-state index in [1.165, 1.54) is 12.1 Å². The average molecular weight is 350 g/mol. The molecule has 0 aliphatic rings. The van der Waals surface area contributed by atoms with E-state index in [9.17, 15) is 13.2 Å². The molecule has 0 atom stereocenters. The number of aliphatic hydroxyl groups is 1. The van der Waals surface area contributed by atoms with E-state index in [1.807, 2.05) is 0 Å².